The average Bonchev–Trinajstić information content (AvgIpc) is 2.26. The molecule has 0 aromatic carbocycles. The number of likely N-dealkylation sites (N-methyl/N-ethyl adjacent to an activating group) is 1. The van der Waals surface area contributed by atoms with Crippen molar-refractivity contribution in [1.29, 1.82) is 0 Å². The van der Waals surface area contributed by atoms with Crippen molar-refractivity contribution in [2.45, 2.75) is 58.0 Å². The molecule has 0 aliphatic carbocycles. The number of aliphatic carboxylic acids is 1. The van der Waals surface area contributed by atoms with Crippen LogP contribution >= 0.6 is 0 Å². The van der Waals surface area contributed by atoms with Gasteiger partial charge in [0.25, 0.3) is 5.66 Å². The molecule has 2 N–H and O–H groups in total. The molecule has 1 atom stereocenters. The molecule has 0 heterocycles. The monoisotopic (exact) mass is 273 g/mol. The number of quaternary nitrogens is 1. The lowest BCUT2D eigenvalue weighted by Crippen LogP contribution is -2.71. The zero-order valence-corrected chi connectivity index (χ0v) is 13.0. The smallest absolute Gasteiger partial charge is 0.388 e. The van der Waals surface area contributed by atoms with E-state index in [0.717, 1.165) is 19.3 Å². The van der Waals surface area contributed by atoms with Crippen LogP contribution in [0.5, 0.6) is 0 Å². The summed E-state index contributed by atoms with van der Waals surface area (Å²) >= 11 is 0. The van der Waals surface area contributed by atoms with Gasteiger partial charge in [0, 0.05) is 12.8 Å². The molecule has 0 aliphatic heterocycles. The van der Waals surface area contributed by atoms with Crippen LogP contribution < -0.4 is 5.32 Å². The summed E-state index contributed by atoms with van der Waals surface area (Å²) in [6.07, 6.45) is 4.36. The fourth-order valence-electron chi connectivity index (χ4n) is 2.20. The number of hydrogen-bond acceptors (Lipinski definition) is 2. The highest BCUT2D eigenvalue weighted by Crippen LogP contribution is 2.23. The van der Waals surface area contributed by atoms with Crippen LogP contribution in [0.15, 0.2) is 0 Å². The quantitative estimate of drug-likeness (QED) is 0.383. The van der Waals surface area contributed by atoms with Crippen LogP contribution in [0.4, 0.5) is 0 Å². The lowest BCUT2D eigenvalue weighted by atomic mass is 10.00. The predicted molar refractivity (Wildman–Crippen MR) is 75.6 cm³/mol. The minimum atomic E-state index is -1.24. The molecule has 5 nitrogen and oxygen atoms in total. The molecule has 0 saturated carbocycles. The molecular weight excluding hydrogens is 244 g/mol. The van der Waals surface area contributed by atoms with Gasteiger partial charge in [-0.1, -0.05) is 26.7 Å². The second-order valence-corrected chi connectivity index (χ2v) is 5.93. The van der Waals surface area contributed by atoms with E-state index in [1.165, 1.54) is 0 Å². The summed E-state index contributed by atoms with van der Waals surface area (Å²) in [5.74, 6) is -1.14. The van der Waals surface area contributed by atoms with E-state index >= 15 is 0 Å². The number of carboxylic acids is 1. The Kier molecular flexibility index (Phi) is 7.05. The number of nitrogens with one attached hydrogen (secondary N) is 1. The Morgan fingerprint density at radius 1 is 1.11 bits per heavy atom. The highest BCUT2D eigenvalue weighted by atomic mass is 16.4. The average molecular weight is 273 g/mol. The third-order valence-electron chi connectivity index (χ3n) is 3.46. The first-order chi connectivity index (χ1) is 8.71. The molecule has 5 heteroatoms. The van der Waals surface area contributed by atoms with Crippen LogP contribution in [0.2, 0.25) is 0 Å². The summed E-state index contributed by atoms with van der Waals surface area (Å²) < 4.78 is 0.176. The van der Waals surface area contributed by atoms with E-state index in [1.54, 1.807) is 21.1 Å². The third kappa shape index (κ3) is 4.82. The Balaban J connectivity index is 4.95. The summed E-state index contributed by atoms with van der Waals surface area (Å²) in [4.78, 5) is 23.7. The summed E-state index contributed by atoms with van der Waals surface area (Å²) in [6, 6.07) is 0. The van der Waals surface area contributed by atoms with Gasteiger partial charge < -0.3 is 5.11 Å². The van der Waals surface area contributed by atoms with Gasteiger partial charge in [0.15, 0.2) is 0 Å². The van der Waals surface area contributed by atoms with Crippen molar-refractivity contribution >= 4 is 11.9 Å². The molecule has 0 rings (SSSR count). The lowest BCUT2D eigenvalue weighted by molar-refractivity contribution is -0.917. The molecule has 0 spiro atoms. The summed E-state index contributed by atoms with van der Waals surface area (Å²) in [5, 5.41) is 12.3. The SMILES string of the molecule is CCCCCC(=O)NC(CCC)(C(=O)O)[N+](C)(C)C. The Bertz CT molecular complexity index is 310. The number of unbranched alkanes of at least 4 members (excludes halogenated alkanes) is 2. The largest absolute Gasteiger partial charge is 0.475 e. The van der Waals surface area contributed by atoms with Crippen molar-refractivity contribution in [2.75, 3.05) is 21.1 Å². The number of carboxylic acid groups (broad SMARTS) is 1. The van der Waals surface area contributed by atoms with Crippen molar-refractivity contribution in [3.8, 4) is 0 Å². The Morgan fingerprint density at radius 3 is 2.05 bits per heavy atom. The second-order valence-electron chi connectivity index (χ2n) is 5.93. The van der Waals surface area contributed by atoms with Gasteiger partial charge in [-0.15, -0.1) is 0 Å². The first-order valence-electron chi connectivity index (χ1n) is 7.07. The summed E-state index contributed by atoms with van der Waals surface area (Å²) in [5.41, 5.74) is -1.24. The fourth-order valence-corrected chi connectivity index (χ4v) is 2.20. The van der Waals surface area contributed by atoms with Crippen molar-refractivity contribution in [3.05, 3.63) is 0 Å². The minimum Gasteiger partial charge on any atom is -0.475 e. The van der Waals surface area contributed by atoms with Crippen LogP contribution in [-0.2, 0) is 9.59 Å². The van der Waals surface area contributed by atoms with E-state index in [4.69, 9.17) is 0 Å². The van der Waals surface area contributed by atoms with Crippen LogP contribution in [0.3, 0.4) is 0 Å². The molecule has 1 unspecified atom stereocenters. The Labute approximate surface area is 116 Å². The maximum atomic E-state index is 12.0. The Hall–Kier alpha value is -1.10. The van der Waals surface area contributed by atoms with E-state index in [9.17, 15) is 14.7 Å². The number of nitrogens with zero attached hydrogens (tertiary/aromatic N) is 1. The zero-order valence-electron chi connectivity index (χ0n) is 13.0. The van der Waals surface area contributed by atoms with Gasteiger partial charge in [0.1, 0.15) is 0 Å². The molecule has 19 heavy (non-hydrogen) atoms. The van der Waals surface area contributed by atoms with Crippen molar-refractivity contribution in [3.63, 3.8) is 0 Å². The lowest BCUT2D eigenvalue weighted by Gasteiger charge is -2.43. The molecule has 0 bridgehead atoms. The number of rotatable bonds is 9. The Morgan fingerprint density at radius 2 is 1.68 bits per heavy atom. The number of hydrogen-bond donors (Lipinski definition) is 2. The molecule has 0 saturated heterocycles. The zero-order chi connectivity index (χ0) is 15.1. The summed E-state index contributed by atoms with van der Waals surface area (Å²) in [6.45, 7) is 4.00. The maximum Gasteiger partial charge on any atom is 0.388 e. The van der Waals surface area contributed by atoms with Gasteiger partial charge in [-0.3, -0.25) is 14.6 Å². The van der Waals surface area contributed by atoms with E-state index in [1.807, 2.05) is 6.92 Å². The van der Waals surface area contributed by atoms with Crippen LogP contribution in [0.1, 0.15) is 52.4 Å². The molecule has 0 aromatic rings. The normalized spacial score (nSPS) is 14.8. The van der Waals surface area contributed by atoms with Crippen molar-refractivity contribution in [2.24, 2.45) is 0 Å². The van der Waals surface area contributed by atoms with E-state index in [-0.39, 0.29) is 10.4 Å². The minimum absolute atomic E-state index is 0.169. The first kappa shape index (κ1) is 17.9. The van der Waals surface area contributed by atoms with Gasteiger partial charge in [-0.05, 0) is 12.8 Å². The van der Waals surface area contributed by atoms with Gasteiger partial charge >= 0.3 is 5.97 Å². The van der Waals surface area contributed by atoms with Crippen molar-refractivity contribution < 1.29 is 19.2 Å². The number of carbonyl (C=O) groups excluding carboxylic acids is 1. The highest BCUT2D eigenvalue weighted by Gasteiger charge is 2.51. The van der Waals surface area contributed by atoms with Crippen molar-refractivity contribution in [1.82, 2.24) is 5.32 Å². The third-order valence-corrected chi connectivity index (χ3v) is 3.46. The standard InChI is InChI=1S/C14H28N2O3/c1-6-8-9-10-12(17)15-14(11-7-2,13(18)19)16(3,4)5/h6-11H2,1-5H3,(H-,15,17,18,19)/p+1. The topological polar surface area (TPSA) is 66.4 Å². The van der Waals surface area contributed by atoms with Crippen LogP contribution in [0, 0.1) is 0 Å². The molecule has 0 fully saturated rings. The number of amides is 1. The van der Waals surface area contributed by atoms with Gasteiger partial charge in [0.05, 0.1) is 21.1 Å². The predicted octanol–water partition coefficient (Wildman–Crippen LogP) is 1.97. The van der Waals surface area contributed by atoms with Gasteiger partial charge in [-0.25, -0.2) is 4.79 Å². The van der Waals surface area contributed by atoms with E-state index < -0.39 is 11.6 Å². The highest BCUT2D eigenvalue weighted by molar-refractivity contribution is 5.85. The van der Waals surface area contributed by atoms with Crippen LogP contribution in [0.25, 0.3) is 0 Å². The molecule has 0 aromatic heterocycles. The van der Waals surface area contributed by atoms with Gasteiger partial charge in [0.2, 0.25) is 5.91 Å². The van der Waals surface area contributed by atoms with E-state index in [0.29, 0.717) is 19.3 Å². The van der Waals surface area contributed by atoms with Gasteiger partial charge in [-0.2, -0.15) is 0 Å². The number of carbonyl (C=O) groups is 2. The second kappa shape index (κ2) is 7.48. The van der Waals surface area contributed by atoms with E-state index in [2.05, 4.69) is 12.2 Å². The summed E-state index contributed by atoms with van der Waals surface area (Å²) in [7, 11) is 5.41. The molecule has 0 radical (unpaired) electrons. The molecule has 1 amide bonds. The molecule has 0 aliphatic rings. The first-order valence-corrected chi connectivity index (χ1v) is 7.07. The fraction of sp³-hybridized carbons (Fsp3) is 0.857. The maximum absolute atomic E-state index is 12.0. The molecular formula is C14H29N2O3+. The molecule has 112 valence electrons. The van der Waals surface area contributed by atoms with Crippen LogP contribution in [-0.4, -0.2) is 48.3 Å².